The van der Waals surface area contributed by atoms with Gasteiger partial charge in [0, 0.05) is 32.4 Å². The highest BCUT2D eigenvalue weighted by Crippen LogP contribution is 2.28. The normalized spacial score (nSPS) is 20.2. The zero-order valence-electron chi connectivity index (χ0n) is 16.9. The molecular weight excluding hydrogens is 431 g/mol. The Bertz CT molecular complexity index is 933. The predicted octanol–water partition coefficient (Wildman–Crippen LogP) is 0.354. The lowest BCUT2D eigenvalue weighted by atomic mass is 10.0. The number of ether oxygens (including phenoxy) is 1. The fourth-order valence-corrected chi connectivity index (χ4v) is 3.20. The van der Waals surface area contributed by atoms with Crippen LogP contribution in [0.2, 0.25) is 0 Å². The Labute approximate surface area is 181 Å². The topological polar surface area (TPSA) is 123 Å². The summed E-state index contributed by atoms with van der Waals surface area (Å²) < 4.78 is 44.2. The number of nitrogens with zero attached hydrogens (tertiary/aromatic N) is 6. The van der Waals surface area contributed by atoms with Crippen LogP contribution in [-0.2, 0) is 14.3 Å². The molecule has 3 heterocycles. The van der Waals surface area contributed by atoms with E-state index in [1.54, 1.807) is 22.5 Å². The number of nitriles is 1. The number of alkyl halides is 3. The average Bonchev–Trinajstić information content (AvgIpc) is 2.78. The fourth-order valence-electron chi connectivity index (χ4n) is 3.20. The van der Waals surface area contributed by atoms with Crippen molar-refractivity contribution < 1.29 is 27.5 Å². The first-order chi connectivity index (χ1) is 15.3. The number of rotatable bonds is 6. The summed E-state index contributed by atoms with van der Waals surface area (Å²) in [5.41, 5.74) is 1.74. The summed E-state index contributed by atoms with van der Waals surface area (Å²) in [6.45, 7) is 1.61. The van der Waals surface area contributed by atoms with Gasteiger partial charge in [0.1, 0.15) is 18.5 Å². The van der Waals surface area contributed by atoms with Gasteiger partial charge in [0.2, 0.25) is 5.91 Å². The molecule has 0 saturated carbocycles. The van der Waals surface area contributed by atoms with Crippen molar-refractivity contribution in [3.8, 4) is 6.07 Å². The van der Waals surface area contributed by atoms with Crippen LogP contribution in [0.4, 0.5) is 19.0 Å². The van der Waals surface area contributed by atoms with Crippen LogP contribution >= 0.6 is 0 Å². The monoisotopic (exact) mass is 451 g/mol. The molecule has 1 fully saturated rings. The van der Waals surface area contributed by atoms with Crippen molar-refractivity contribution in [1.29, 1.82) is 5.26 Å². The van der Waals surface area contributed by atoms with Crippen molar-refractivity contribution >= 4 is 29.6 Å². The third kappa shape index (κ3) is 5.79. The molecule has 13 heteroatoms. The summed E-state index contributed by atoms with van der Waals surface area (Å²) in [6, 6.07) is 5.44. The quantitative estimate of drug-likeness (QED) is 0.623. The van der Waals surface area contributed by atoms with Crippen LogP contribution in [0, 0.1) is 17.2 Å². The van der Waals surface area contributed by atoms with E-state index in [1.807, 2.05) is 11.0 Å². The number of halogens is 3. The van der Waals surface area contributed by atoms with Crippen molar-refractivity contribution in [3.05, 3.63) is 23.9 Å². The molecule has 0 aliphatic carbocycles. The van der Waals surface area contributed by atoms with Gasteiger partial charge in [0.25, 0.3) is 5.91 Å². The molecule has 0 radical (unpaired) electrons. The van der Waals surface area contributed by atoms with Crippen molar-refractivity contribution in [2.75, 3.05) is 50.8 Å². The van der Waals surface area contributed by atoms with Gasteiger partial charge in [-0.1, -0.05) is 0 Å². The van der Waals surface area contributed by atoms with Gasteiger partial charge >= 0.3 is 6.18 Å². The van der Waals surface area contributed by atoms with Crippen LogP contribution in [0.5, 0.6) is 0 Å². The predicted molar refractivity (Wildman–Crippen MR) is 107 cm³/mol. The smallest absolute Gasteiger partial charge is 0.370 e. The van der Waals surface area contributed by atoms with Gasteiger partial charge in [-0.25, -0.2) is 10.4 Å². The Kier molecular flexibility index (Phi) is 7.37. The van der Waals surface area contributed by atoms with Crippen LogP contribution in [-0.4, -0.2) is 85.7 Å². The number of carbonyl (C=O) groups excluding carboxylic acids is 2. The minimum absolute atomic E-state index is 0.0790. The molecule has 3 rings (SSSR count). The van der Waals surface area contributed by atoms with E-state index in [0.29, 0.717) is 31.7 Å². The second-order valence-corrected chi connectivity index (χ2v) is 6.95. The molecule has 0 spiro atoms. The van der Waals surface area contributed by atoms with E-state index >= 15 is 0 Å². The van der Waals surface area contributed by atoms with Crippen LogP contribution in [0.15, 0.2) is 28.4 Å². The third-order valence-electron chi connectivity index (χ3n) is 4.85. The number of nitrogens with one attached hydrogen (secondary N) is 1. The summed E-state index contributed by atoms with van der Waals surface area (Å²) in [5.74, 6) is -3.17. The SMILES string of the molecule is N#Cc1ccc(N2CCN(C(=O)COCCN=C3C=NNC(=O)C3C(F)(F)F)CC2)nc1. The maximum absolute atomic E-state index is 13.0. The van der Waals surface area contributed by atoms with Gasteiger partial charge in [-0.05, 0) is 12.1 Å². The number of hydrogen-bond acceptors (Lipinski definition) is 8. The van der Waals surface area contributed by atoms with E-state index in [1.165, 1.54) is 6.20 Å². The first-order valence-corrected chi connectivity index (χ1v) is 9.70. The molecule has 0 bridgehead atoms. The second-order valence-electron chi connectivity index (χ2n) is 6.95. The van der Waals surface area contributed by atoms with Gasteiger partial charge in [0.05, 0.1) is 30.6 Å². The first kappa shape index (κ1) is 23.1. The molecule has 1 N–H and O–H groups in total. The summed E-state index contributed by atoms with van der Waals surface area (Å²) in [6.07, 6.45) is -2.43. The number of amides is 2. The molecule has 10 nitrogen and oxygen atoms in total. The molecule has 1 atom stereocenters. The molecule has 1 aromatic rings. The summed E-state index contributed by atoms with van der Waals surface area (Å²) in [4.78, 5) is 35.3. The maximum atomic E-state index is 13.0. The minimum Gasteiger partial charge on any atom is -0.370 e. The molecule has 1 saturated heterocycles. The van der Waals surface area contributed by atoms with Crippen LogP contribution in [0.1, 0.15) is 5.56 Å². The van der Waals surface area contributed by atoms with Gasteiger partial charge in [0.15, 0.2) is 5.92 Å². The largest absolute Gasteiger partial charge is 0.406 e. The van der Waals surface area contributed by atoms with E-state index in [9.17, 15) is 22.8 Å². The van der Waals surface area contributed by atoms with Gasteiger partial charge < -0.3 is 14.5 Å². The highest BCUT2D eigenvalue weighted by Gasteiger charge is 2.49. The highest BCUT2D eigenvalue weighted by atomic mass is 19.4. The van der Waals surface area contributed by atoms with Gasteiger partial charge in [-0.2, -0.15) is 23.5 Å². The maximum Gasteiger partial charge on any atom is 0.406 e. The number of hydrogen-bond donors (Lipinski definition) is 1. The summed E-state index contributed by atoms with van der Waals surface area (Å²) >= 11 is 0. The number of anilines is 1. The number of aliphatic imine (C=N–C) groups is 1. The van der Waals surface area contributed by atoms with E-state index < -0.39 is 23.7 Å². The van der Waals surface area contributed by atoms with E-state index in [-0.39, 0.29) is 25.7 Å². The van der Waals surface area contributed by atoms with Gasteiger partial charge in [-0.15, -0.1) is 0 Å². The van der Waals surface area contributed by atoms with Crippen molar-refractivity contribution in [1.82, 2.24) is 15.3 Å². The average molecular weight is 451 g/mol. The molecule has 1 aromatic heterocycles. The number of hydrazone groups is 1. The van der Waals surface area contributed by atoms with E-state index in [0.717, 1.165) is 12.0 Å². The summed E-state index contributed by atoms with van der Waals surface area (Å²) in [7, 11) is 0. The second kappa shape index (κ2) is 10.2. The lowest BCUT2D eigenvalue weighted by Crippen LogP contribution is -2.50. The lowest BCUT2D eigenvalue weighted by molar-refractivity contribution is -0.168. The minimum atomic E-state index is -4.78. The number of carbonyl (C=O) groups is 2. The molecule has 2 aliphatic heterocycles. The molecule has 170 valence electrons. The zero-order chi connectivity index (χ0) is 23.1. The number of piperazine rings is 1. The molecule has 0 aromatic carbocycles. The van der Waals surface area contributed by atoms with Crippen LogP contribution < -0.4 is 10.3 Å². The Morgan fingerprint density at radius 3 is 2.69 bits per heavy atom. The van der Waals surface area contributed by atoms with Crippen LogP contribution in [0.25, 0.3) is 0 Å². The van der Waals surface area contributed by atoms with Crippen molar-refractivity contribution in [3.63, 3.8) is 0 Å². The highest BCUT2D eigenvalue weighted by molar-refractivity contribution is 6.37. The first-order valence-electron chi connectivity index (χ1n) is 9.70. The number of pyridine rings is 1. The van der Waals surface area contributed by atoms with E-state index in [2.05, 4.69) is 15.1 Å². The molecule has 2 aliphatic rings. The fraction of sp³-hybridized carbons (Fsp3) is 0.474. The molecule has 32 heavy (non-hydrogen) atoms. The van der Waals surface area contributed by atoms with Crippen LogP contribution in [0.3, 0.4) is 0 Å². The van der Waals surface area contributed by atoms with Crippen molar-refractivity contribution in [2.24, 2.45) is 16.0 Å². The Hall–Kier alpha value is -3.53. The lowest BCUT2D eigenvalue weighted by Gasteiger charge is -2.35. The molecular formula is C19H20F3N7O3. The Balaban J connectivity index is 1.40. The van der Waals surface area contributed by atoms with Gasteiger partial charge in [-0.3, -0.25) is 14.6 Å². The third-order valence-corrected chi connectivity index (χ3v) is 4.85. The molecule has 2 amide bonds. The zero-order valence-corrected chi connectivity index (χ0v) is 16.9. The summed E-state index contributed by atoms with van der Waals surface area (Å²) in [5, 5.41) is 12.2. The Morgan fingerprint density at radius 1 is 1.31 bits per heavy atom. The standard InChI is InChI=1S/C19H20F3N7O3/c20-19(21,22)17-14(11-26-27-18(17)31)24-3-8-32-12-16(30)29-6-4-28(5-7-29)15-2-1-13(9-23)10-25-15/h1-2,10-11,17H,3-8,12H2,(H,27,31). The Morgan fingerprint density at radius 2 is 2.06 bits per heavy atom. The van der Waals surface area contributed by atoms with Crippen molar-refractivity contribution in [2.45, 2.75) is 6.18 Å². The van der Waals surface area contributed by atoms with E-state index in [4.69, 9.17) is 10.00 Å². The number of aromatic nitrogens is 1. The molecule has 1 unspecified atom stereocenters.